The van der Waals surface area contributed by atoms with Gasteiger partial charge in [0.2, 0.25) is 0 Å². The molecule has 2 aliphatic rings. The molecular weight excluding hydrogens is 200 g/mol. The van der Waals surface area contributed by atoms with Crippen molar-refractivity contribution in [3.8, 4) is 0 Å². The second kappa shape index (κ2) is 3.34. The van der Waals surface area contributed by atoms with Crippen molar-refractivity contribution in [2.24, 2.45) is 5.41 Å². The minimum absolute atomic E-state index is 0.430. The summed E-state index contributed by atoms with van der Waals surface area (Å²) in [6.45, 7) is 0. The van der Waals surface area contributed by atoms with Gasteiger partial charge in [0.25, 0.3) is 0 Å². The number of hydrogen-bond donors (Lipinski definition) is 1. The summed E-state index contributed by atoms with van der Waals surface area (Å²) in [5.74, 6) is -0.190. The van der Waals surface area contributed by atoms with E-state index in [0.29, 0.717) is 16.9 Å². The van der Waals surface area contributed by atoms with Crippen molar-refractivity contribution in [1.82, 2.24) is 0 Å². The molecule has 2 nitrogen and oxygen atoms in total. The molecule has 0 aliphatic heterocycles. The average molecular weight is 216 g/mol. The zero-order valence-corrected chi connectivity index (χ0v) is 9.28. The molecule has 1 aromatic rings. The highest BCUT2D eigenvalue weighted by Crippen LogP contribution is 2.63. The molecule has 1 unspecified atom stereocenters. The van der Waals surface area contributed by atoms with Gasteiger partial charge in [-0.15, -0.1) is 0 Å². The third-order valence-corrected chi connectivity index (χ3v) is 4.56. The van der Waals surface area contributed by atoms with Gasteiger partial charge in [0.15, 0.2) is 0 Å². The second-order valence-corrected chi connectivity index (χ2v) is 5.24. The Morgan fingerprint density at radius 1 is 1.31 bits per heavy atom. The third-order valence-electron chi connectivity index (χ3n) is 4.56. The molecule has 2 fully saturated rings. The lowest BCUT2D eigenvalue weighted by Gasteiger charge is -2.56. The number of benzene rings is 1. The van der Waals surface area contributed by atoms with Crippen molar-refractivity contribution in [2.75, 3.05) is 0 Å². The van der Waals surface area contributed by atoms with Gasteiger partial charge in [0, 0.05) is 0 Å². The molecule has 16 heavy (non-hydrogen) atoms. The average Bonchev–Trinajstić information content (AvgIpc) is 2.14. The van der Waals surface area contributed by atoms with E-state index in [1.807, 2.05) is 12.1 Å². The summed E-state index contributed by atoms with van der Waals surface area (Å²) in [6, 6.07) is 7.52. The molecule has 2 aliphatic carbocycles. The summed E-state index contributed by atoms with van der Waals surface area (Å²) in [7, 11) is 0. The zero-order valence-electron chi connectivity index (χ0n) is 9.28. The Morgan fingerprint density at radius 2 is 2.12 bits per heavy atom. The van der Waals surface area contributed by atoms with Crippen LogP contribution in [0.3, 0.4) is 0 Å². The SMILES string of the molecule is O=C(O)c1cccc(C2CCC23CCC3)c1. The van der Waals surface area contributed by atoms with Crippen molar-refractivity contribution >= 4 is 5.97 Å². The van der Waals surface area contributed by atoms with Crippen molar-refractivity contribution in [1.29, 1.82) is 0 Å². The molecular formula is C14H16O2. The van der Waals surface area contributed by atoms with Gasteiger partial charge < -0.3 is 5.11 Å². The smallest absolute Gasteiger partial charge is 0.335 e. The fraction of sp³-hybridized carbons (Fsp3) is 0.500. The first-order valence-corrected chi connectivity index (χ1v) is 6.05. The van der Waals surface area contributed by atoms with Crippen LogP contribution in [0.15, 0.2) is 24.3 Å². The van der Waals surface area contributed by atoms with E-state index in [4.69, 9.17) is 5.11 Å². The summed E-state index contributed by atoms with van der Waals surface area (Å²) in [6.07, 6.45) is 6.62. The highest BCUT2D eigenvalue weighted by atomic mass is 16.4. The van der Waals surface area contributed by atoms with Crippen LogP contribution >= 0.6 is 0 Å². The van der Waals surface area contributed by atoms with E-state index in [2.05, 4.69) is 6.07 Å². The number of hydrogen-bond acceptors (Lipinski definition) is 1. The van der Waals surface area contributed by atoms with Gasteiger partial charge in [0.1, 0.15) is 0 Å². The molecule has 0 aromatic heterocycles. The number of aromatic carboxylic acids is 1. The summed E-state index contributed by atoms with van der Waals surface area (Å²) in [4.78, 5) is 10.9. The molecule has 0 heterocycles. The van der Waals surface area contributed by atoms with Crippen LogP contribution in [-0.4, -0.2) is 11.1 Å². The monoisotopic (exact) mass is 216 g/mol. The zero-order chi connectivity index (χ0) is 11.2. The van der Waals surface area contributed by atoms with Gasteiger partial charge in [-0.3, -0.25) is 0 Å². The Hall–Kier alpha value is -1.31. The number of carboxylic acids is 1. The Labute approximate surface area is 95.3 Å². The number of carboxylic acid groups (broad SMARTS) is 1. The number of carbonyl (C=O) groups is 1. The molecule has 2 heteroatoms. The quantitative estimate of drug-likeness (QED) is 0.822. The second-order valence-electron chi connectivity index (χ2n) is 5.24. The van der Waals surface area contributed by atoms with E-state index in [0.717, 1.165) is 0 Å². The predicted molar refractivity (Wildman–Crippen MR) is 61.7 cm³/mol. The van der Waals surface area contributed by atoms with Crippen LogP contribution in [0.2, 0.25) is 0 Å². The van der Waals surface area contributed by atoms with E-state index >= 15 is 0 Å². The molecule has 0 amide bonds. The Kier molecular flexibility index (Phi) is 2.06. The molecule has 2 saturated carbocycles. The van der Waals surface area contributed by atoms with Gasteiger partial charge in [-0.2, -0.15) is 0 Å². The van der Waals surface area contributed by atoms with Crippen molar-refractivity contribution in [3.63, 3.8) is 0 Å². The number of rotatable bonds is 2. The predicted octanol–water partition coefficient (Wildman–Crippen LogP) is 3.43. The minimum atomic E-state index is -0.816. The summed E-state index contributed by atoms with van der Waals surface area (Å²) < 4.78 is 0. The highest BCUT2D eigenvalue weighted by Gasteiger charge is 2.50. The molecule has 1 atom stereocenters. The Balaban J connectivity index is 1.89. The van der Waals surface area contributed by atoms with Crippen LogP contribution in [0, 0.1) is 5.41 Å². The first-order valence-electron chi connectivity index (χ1n) is 6.05. The van der Waals surface area contributed by atoms with Crippen LogP contribution < -0.4 is 0 Å². The van der Waals surface area contributed by atoms with E-state index in [1.54, 1.807) is 6.07 Å². The maximum absolute atomic E-state index is 10.9. The van der Waals surface area contributed by atoms with E-state index in [-0.39, 0.29) is 0 Å². The van der Waals surface area contributed by atoms with Crippen LogP contribution in [0.25, 0.3) is 0 Å². The molecule has 1 N–H and O–H groups in total. The molecule has 0 bridgehead atoms. The minimum Gasteiger partial charge on any atom is -0.478 e. The van der Waals surface area contributed by atoms with Gasteiger partial charge in [-0.05, 0) is 54.7 Å². The van der Waals surface area contributed by atoms with E-state index in [1.165, 1.54) is 37.7 Å². The van der Waals surface area contributed by atoms with Crippen molar-refractivity contribution < 1.29 is 9.90 Å². The fourth-order valence-electron chi connectivity index (χ4n) is 3.33. The van der Waals surface area contributed by atoms with Crippen LogP contribution in [0.1, 0.15) is 53.9 Å². The normalized spacial score (nSPS) is 25.9. The van der Waals surface area contributed by atoms with E-state index in [9.17, 15) is 4.79 Å². The maximum atomic E-state index is 10.9. The molecule has 3 rings (SSSR count). The Bertz CT molecular complexity index is 427. The van der Waals surface area contributed by atoms with Gasteiger partial charge in [0.05, 0.1) is 5.56 Å². The molecule has 0 saturated heterocycles. The molecule has 0 radical (unpaired) electrons. The standard InChI is InChI=1S/C14H16O2/c15-13(16)11-4-1-3-10(9-11)12-5-8-14(12)6-2-7-14/h1,3-4,9,12H,2,5-8H2,(H,15,16). The third kappa shape index (κ3) is 1.29. The first kappa shape index (κ1) is 9.88. The molecule has 1 aromatic carbocycles. The maximum Gasteiger partial charge on any atom is 0.335 e. The largest absolute Gasteiger partial charge is 0.478 e. The van der Waals surface area contributed by atoms with Crippen LogP contribution in [0.5, 0.6) is 0 Å². The van der Waals surface area contributed by atoms with Crippen LogP contribution in [-0.2, 0) is 0 Å². The lowest BCUT2D eigenvalue weighted by molar-refractivity contribution is -0.00203. The lowest BCUT2D eigenvalue weighted by Crippen LogP contribution is -2.43. The van der Waals surface area contributed by atoms with Crippen molar-refractivity contribution in [3.05, 3.63) is 35.4 Å². The highest BCUT2D eigenvalue weighted by molar-refractivity contribution is 5.87. The topological polar surface area (TPSA) is 37.3 Å². The fourth-order valence-corrected chi connectivity index (χ4v) is 3.33. The Morgan fingerprint density at radius 3 is 2.62 bits per heavy atom. The molecule has 1 spiro atoms. The summed E-state index contributed by atoms with van der Waals surface area (Å²) in [5.41, 5.74) is 2.22. The first-order chi connectivity index (χ1) is 7.71. The van der Waals surface area contributed by atoms with Gasteiger partial charge in [-0.25, -0.2) is 4.79 Å². The van der Waals surface area contributed by atoms with Gasteiger partial charge in [-0.1, -0.05) is 18.6 Å². The summed E-state index contributed by atoms with van der Waals surface area (Å²) >= 11 is 0. The van der Waals surface area contributed by atoms with Crippen LogP contribution in [0.4, 0.5) is 0 Å². The van der Waals surface area contributed by atoms with E-state index < -0.39 is 5.97 Å². The van der Waals surface area contributed by atoms with Gasteiger partial charge >= 0.3 is 5.97 Å². The summed E-state index contributed by atoms with van der Waals surface area (Å²) in [5, 5.41) is 8.98. The van der Waals surface area contributed by atoms with Crippen molar-refractivity contribution in [2.45, 2.75) is 38.0 Å². The molecule has 84 valence electrons. The lowest BCUT2D eigenvalue weighted by atomic mass is 9.48.